The third-order valence-corrected chi connectivity index (χ3v) is 4.03. The van der Waals surface area contributed by atoms with Crippen LogP contribution in [0.1, 0.15) is 39.7 Å². The Hall–Kier alpha value is -0.730. The average Bonchev–Trinajstić information content (AvgIpc) is 2.37. The Morgan fingerprint density at radius 2 is 1.95 bits per heavy atom. The van der Waals surface area contributed by atoms with Crippen molar-refractivity contribution in [3.63, 3.8) is 0 Å². The zero-order valence-corrected chi connectivity index (χ0v) is 13.6. The third-order valence-electron chi connectivity index (χ3n) is 3.72. The molecule has 108 valence electrons. The maximum absolute atomic E-state index is 6.42. The molecule has 3 heteroatoms. The molecular formula is C16H27ClN2. The summed E-state index contributed by atoms with van der Waals surface area (Å²) in [6.07, 6.45) is 1.15. The van der Waals surface area contributed by atoms with Gasteiger partial charge in [0.15, 0.2) is 0 Å². The van der Waals surface area contributed by atoms with Crippen molar-refractivity contribution in [2.75, 3.05) is 18.5 Å². The highest BCUT2D eigenvalue weighted by molar-refractivity contribution is 6.33. The summed E-state index contributed by atoms with van der Waals surface area (Å²) in [5.41, 5.74) is 2.36. The Morgan fingerprint density at radius 1 is 1.26 bits per heavy atom. The molecule has 0 bridgehead atoms. The van der Waals surface area contributed by atoms with Crippen molar-refractivity contribution in [2.45, 2.75) is 46.7 Å². The maximum Gasteiger partial charge on any atom is 0.0642 e. The fraction of sp³-hybridized carbons (Fsp3) is 0.625. The van der Waals surface area contributed by atoms with E-state index in [0.717, 1.165) is 30.2 Å². The molecule has 1 N–H and O–H groups in total. The minimum Gasteiger partial charge on any atom is -0.370 e. The maximum atomic E-state index is 6.42. The third kappa shape index (κ3) is 4.70. The van der Waals surface area contributed by atoms with Crippen LogP contribution in [0.2, 0.25) is 5.02 Å². The van der Waals surface area contributed by atoms with E-state index in [1.54, 1.807) is 0 Å². The Morgan fingerprint density at radius 3 is 2.47 bits per heavy atom. The highest BCUT2D eigenvalue weighted by Crippen LogP contribution is 2.28. The van der Waals surface area contributed by atoms with Gasteiger partial charge >= 0.3 is 0 Å². The first-order valence-electron chi connectivity index (χ1n) is 7.19. The van der Waals surface area contributed by atoms with Crippen LogP contribution in [0.25, 0.3) is 0 Å². The summed E-state index contributed by atoms with van der Waals surface area (Å²) in [6.45, 7) is 10.8. The zero-order valence-electron chi connectivity index (χ0n) is 12.8. The molecular weight excluding hydrogens is 256 g/mol. The van der Waals surface area contributed by atoms with E-state index in [0.29, 0.717) is 12.0 Å². The van der Waals surface area contributed by atoms with Gasteiger partial charge in [-0.1, -0.05) is 38.4 Å². The fourth-order valence-electron chi connectivity index (χ4n) is 2.02. The smallest absolute Gasteiger partial charge is 0.0642 e. The van der Waals surface area contributed by atoms with Gasteiger partial charge in [-0.05, 0) is 43.5 Å². The number of hydrogen-bond donors (Lipinski definition) is 1. The van der Waals surface area contributed by atoms with Gasteiger partial charge in [-0.25, -0.2) is 0 Å². The van der Waals surface area contributed by atoms with Gasteiger partial charge in [-0.2, -0.15) is 0 Å². The molecule has 1 aromatic rings. The zero-order chi connectivity index (χ0) is 14.4. The van der Waals surface area contributed by atoms with Crippen LogP contribution < -0.4 is 10.2 Å². The van der Waals surface area contributed by atoms with Crippen LogP contribution in [0, 0.1) is 5.92 Å². The van der Waals surface area contributed by atoms with E-state index in [9.17, 15) is 0 Å². The van der Waals surface area contributed by atoms with Crippen LogP contribution in [0.15, 0.2) is 18.2 Å². The van der Waals surface area contributed by atoms with Crippen molar-refractivity contribution in [3.05, 3.63) is 28.8 Å². The normalized spacial score (nSPS) is 12.8. The topological polar surface area (TPSA) is 15.3 Å². The van der Waals surface area contributed by atoms with Gasteiger partial charge in [-0.15, -0.1) is 0 Å². The monoisotopic (exact) mass is 282 g/mol. The standard InChI is InChI=1S/C16H27ClN2/c1-6-9-18-11-14-7-8-16(15(17)10-14)19(5)13(4)12(2)3/h7-8,10,12-13,18H,6,9,11H2,1-5H3. The lowest BCUT2D eigenvalue weighted by Gasteiger charge is -2.30. The second kappa shape index (κ2) is 7.76. The molecule has 0 aliphatic heterocycles. The fourth-order valence-corrected chi connectivity index (χ4v) is 2.36. The number of benzene rings is 1. The predicted octanol–water partition coefficient (Wildman–Crippen LogP) is 4.32. The van der Waals surface area contributed by atoms with E-state index in [4.69, 9.17) is 11.6 Å². The molecule has 1 unspecified atom stereocenters. The first kappa shape index (κ1) is 16.3. The molecule has 0 aliphatic rings. The van der Waals surface area contributed by atoms with E-state index in [2.05, 4.69) is 63.2 Å². The lowest BCUT2D eigenvalue weighted by molar-refractivity contribution is 0.505. The average molecular weight is 283 g/mol. The Balaban J connectivity index is 2.76. The molecule has 1 aromatic carbocycles. The second-order valence-corrected chi connectivity index (χ2v) is 5.97. The number of rotatable bonds is 7. The predicted molar refractivity (Wildman–Crippen MR) is 86.2 cm³/mol. The van der Waals surface area contributed by atoms with E-state index < -0.39 is 0 Å². The van der Waals surface area contributed by atoms with Crippen molar-refractivity contribution in [1.82, 2.24) is 5.32 Å². The van der Waals surface area contributed by atoms with E-state index in [-0.39, 0.29) is 0 Å². The highest BCUT2D eigenvalue weighted by Gasteiger charge is 2.16. The summed E-state index contributed by atoms with van der Waals surface area (Å²) in [4.78, 5) is 2.26. The molecule has 0 saturated heterocycles. The van der Waals surface area contributed by atoms with Gasteiger partial charge in [0.25, 0.3) is 0 Å². The van der Waals surface area contributed by atoms with E-state index in [1.807, 2.05) is 0 Å². The van der Waals surface area contributed by atoms with Gasteiger partial charge in [0, 0.05) is 19.6 Å². The second-order valence-electron chi connectivity index (χ2n) is 5.56. The Bertz CT molecular complexity index is 390. The molecule has 0 saturated carbocycles. The van der Waals surface area contributed by atoms with Crippen molar-refractivity contribution < 1.29 is 0 Å². The number of anilines is 1. The van der Waals surface area contributed by atoms with E-state index in [1.165, 1.54) is 5.56 Å². The quantitative estimate of drug-likeness (QED) is 0.749. The lowest BCUT2D eigenvalue weighted by Crippen LogP contribution is -2.33. The molecule has 0 radical (unpaired) electrons. The number of halogens is 1. The van der Waals surface area contributed by atoms with Crippen LogP contribution in [-0.4, -0.2) is 19.6 Å². The molecule has 0 spiro atoms. The molecule has 0 heterocycles. The van der Waals surface area contributed by atoms with Gasteiger partial charge in [0.2, 0.25) is 0 Å². The summed E-state index contributed by atoms with van der Waals surface area (Å²) < 4.78 is 0. The summed E-state index contributed by atoms with van der Waals surface area (Å²) >= 11 is 6.42. The summed E-state index contributed by atoms with van der Waals surface area (Å²) in [7, 11) is 2.11. The van der Waals surface area contributed by atoms with Crippen molar-refractivity contribution in [1.29, 1.82) is 0 Å². The van der Waals surface area contributed by atoms with Gasteiger partial charge in [0.1, 0.15) is 0 Å². The Kier molecular flexibility index (Phi) is 6.67. The molecule has 0 amide bonds. The Labute approximate surface area is 123 Å². The number of nitrogens with zero attached hydrogens (tertiary/aromatic N) is 1. The molecule has 0 fully saturated rings. The lowest BCUT2D eigenvalue weighted by atomic mass is 10.0. The van der Waals surface area contributed by atoms with Crippen molar-refractivity contribution in [3.8, 4) is 0 Å². The molecule has 0 aromatic heterocycles. The summed E-state index contributed by atoms with van der Waals surface area (Å²) in [5.74, 6) is 0.604. The van der Waals surface area contributed by atoms with Gasteiger partial charge in [-0.3, -0.25) is 0 Å². The highest BCUT2D eigenvalue weighted by atomic mass is 35.5. The van der Waals surface area contributed by atoms with Crippen molar-refractivity contribution >= 4 is 17.3 Å². The minimum absolute atomic E-state index is 0.474. The van der Waals surface area contributed by atoms with Gasteiger partial charge < -0.3 is 10.2 Å². The van der Waals surface area contributed by atoms with Crippen LogP contribution in [0.4, 0.5) is 5.69 Å². The van der Waals surface area contributed by atoms with Gasteiger partial charge in [0.05, 0.1) is 10.7 Å². The van der Waals surface area contributed by atoms with Crippen LogP contribution in [0.3, 0.4) is 0 Å². The number of hydrogen-bond acceptors (Lipinski definition) is 2. The number of nitrogens with one attached hydrogen (secondary N) is 1. The molecule has 0 aliphatic carbocycles. The van der Waals surface area contributed by atoms with Crippen LogP contribution in [-0.2, 0) is 6.54 Å². The SMILES string of the molecule is CCCNCc1ccc(N(C)C(C)C(C)C)c(Cl)c1. The first-order chi connectivity index (χ1) is 8.97. The van der Waals surface area contributed by atoms with Crippen molar-refractivity contribution in [2.24, 2.45) is 5.92 Å². The molecule has 1 atom stereocenters. The summed E-state index contributed by atoms with van der Waals surface area (Å²) in [5, 5.41) is 4.23. The summed E-state index contributed by atoms with van der Waals surface area (Å²) in [6, 6.07) is 6.84. The van der Waals surface area contributed by atoms with Crippen LogP contribution >= 0.6 is 11.6 Å². The first-order valence-corrected chi connectivity index (χ1v) is 7.57. The van der Waals surface area contributed by atoms with Crippen LogP contribution in [0.5, 0.6) is 0 Å². The molecule has 1 rings (SSSR count). The van der Waals surface area contributed by atoms with E-state index >= 15 is 0 Å². The molecule has 2 nitrogen and oxygen atoms in total. The molecule has 19 heavy (non-hydrogen) atoms. The largest absolute Gasteiger partial charge is 0.370 e. The minimum atomic E-state index is 0.474.